The molecule has 0 aliphatic carbocycles. The standard InChI is InChI=1S/C15H18FN3O2/c16-12-4-2-1-3-10(12)9-15(11-5-7-17-8-6-11)13(20)18-14(21)19-15/h1-4,11,17H,5-9H2,(H2,18,19,20,21). The van der Waals surface area contributed by atoms with Gasteiger partial charge in [-0.3, -0.25) is 10.1 Å². The van der Waals surface area contributed by atoms with Crippen LogP contribution in [0, 0.1) is 11.7 Å². The van der Waals surface area contributed by atoms with Crippen LogP contribution in [0.15, 0.2) is 24.3 Å². The minimum absolute atomic E-state index is 0.00445. The van der Waals surface area contributed by atoms with E-state index in [0.717, 1.165) is 25.9 Å². The Kier molecular flexibility index (Phi) is 3.63. The third-order valence-corrected chi connectivity index (χ3v) is 4.43. The van der Waals surface area contributed by atoms with E-state index in [9.17, 15) is 14.0 Å². The number of benzene rings is 1. The lowest BCUT2D eigenvalue weighted by molar-refractivity contribution is -0.126. The normalized spacial score (nSPS) is 26.5. The Bertz CT molecular complexity index is 572. The fourth-order valence-electron chi connectivity index (χ4n) is 3.32. The average Bonchev–Trinajstić information content (AvgIpc) is 2.77. The molecule has 2 aliphatic rings. The van der Waals surface area contributed by atoms with E-state index >= 15 is 0 Å². The van der Waals surface area contributed by atoms with E-state index in [4.69, 9.17) is 0 Å². The summed E-state index contributed by atoms with van der Waals surface area (Å²) in [7, 11) is 0. The molecular formula is C15H18FN3O2. The van der Waals surface area contributed by atoms with Crippen molar-refractivity contribution in [3.05, 3.63) is 35.6 Å². The first-order chi connectivity index (χ1) is 10.1. The van der Waals surface area contributed by atoms with Gasteiger partial charge in [0.2, 0.25) is 0 Å². The molecule has 1 unspecified atom stereocenters. The number of nitrogens with one attached hydrogen (secondary N) is 3. The monoisotopic (exact) mass is 291 g/mol. The number of carbonyl (C=O) groups excluding carboxylic acids is 2. The quantitative estimate of drug-likeness (QED) is 0.726. The zero-order valence-corrected chi connectivity index (χ0v) is 11.6. The molecule has 21 heavy (non-hydrogen) atoms. The third kappa shape index (κ3) is 2.51. The topological polar surface area (TPSA) is 70.2 Å². The van der Waals surface area contributed by atoms with Crippen LogP contribution >= 0.6 is 0 Å². The summed E-state index contributed by atoms with van der Waals surface area (Å²) in [6.07, 6.45) is 1.74. The number of urea groups is 1. The van der Waals surface area contributed by atoms with Gasteiger partial charge in [0.05, 0.1) is 0 Å². The maximum absolute atomic E-state index is 13.9. The maximum Gasteiger partial charge on any atom is 0.322 e. The largest absolute Gasteiger partial charge is 0.323 e. The zero-order valence-electron chi connectivity index (χ0n) is 11.6. The van der Waals surface area contributed by atoms with E-state index in [0.29, 0.717) is 5.56 Å². The highest BCUT2D eigenvalue weighted by Crippen LogP contribution is 2.32. The molecule has 112 valence electrons. The fraction of sp³-hybridized carbons (Fsp3) is 0.467. The molecular weight excluding hydrogens is 273 g/mol. The van der Waals surface area contributed by atoms with Gasteiger partial charge in [0.1, 0.15) is 11.4 Å². The SMILES string of the molecule is O=C1NC(=O)C(Cc2ccccc2F)(C2CCNCC2)N1. The van der Waals surface area contributed by atoms with Crippen molar-refractivity contribution < 1.29 is 14.0 Å². The Hall–Kier alpha value is -1.95. The predicted molar refractivity (Wildman–Crippen MR) is 75.1 cm³/mol. The van der Waals surface area contributed by atoms with Crippen LogP contribution in [0.4, 0.5) is 9.18 Å². The van der Waals surface area contributed by atoms with Gasteiger partial charge in [0.15, 0.2) is 0 Å². The Morgan fingerprint density at radius 3 is 2.52 bits per heavy atom. The molecule has 0 bridgehead atoms. The molecule has 2 heterocycles. The van der Waals surface area contributed by atoms with Gasteiger partial charge in [-0.25, -0.2) is 9.18 Å². The van der Waals surface area contributed by atoms with Crippen molar-refractivity contribution in [3.8, 4) is 0 Å². The van der Waals surface area contributed by atoms with Gasteiger partial charge in [0, 0.05) is 6.42 Å². The molecule has 3 rings (SSSR count). The van der Waals surface area contributed by atoms with Crippen LogP contribution in [0.3, 0.4) is 0 Å². The van der Waals surface area contributed by atoms with Gasteiger partial charge in [0.25, 0.3) is 5.91 Å². The summed E-state index contributed by atoms with van der Waals surface area (Å²) in [5.41, 5.74) is -0.588. The van der Waals surface area contributed by atoms with Gasteiger partial charge < -0.3 is 10.6 Å². The molecule has 0 aromatic heterocycles. The first kappa shape index (κ1) is 14.0. The van der Waals surface area contributed by atoms with Crippen molar-refractivity contribution in [2.24, 2.45) is 5.92 Å². The van der Waals surface area contributed by atoms with Crippen LogP contribution in [0.1, 0.15) is 18.4 Å². The summed E-state index contributed by atoms with van der Waals surface area (Å²) in [6, 6.07) is 5.90. The van der Waals surface area contributed by atoms with E-state index < -0.39 is 11.6 Å². The molecule has 5 nitrogen and oxygen atoms in total. The third-order valence-electron chi connectivity index (χ3n) is 4.43. The zero-order chi connectivity index (χ0) is 14.9. The van der Waals surface area contributed by atoms with Crippen LogP contribution in [0.2, 0.25) is 0 Å². The Labute approximate surface area is 122 Å². The molecule has 3 N–H and O–H groups in total. The number of piperidine rings is 1. The molecule has 2 fully saturated rings. The summed E-state index contributed by atoms with van der Waals surface area (Å²) in [6.45, 7) is 1.60. The number of halogens is 1. The number of imide groups is 1. The second-order valence-corrected chi connectivity index (χ2v) is 5.67. The van der Waals surface area contributed by atoms with Gasteiger partial charge in [-0.15, -0.1) is 0 Å². The number of amides is 3. The molecule has 1 aromatic rings. The number of hydrogen-bond donors (Lipinski definition) is 3. The van der Waals surface area contributed by atoms with Gasteiger partial charge in [-0.05, 0) is 43.5 Å². The highest BCUT2D eigenvalue weighted by molar-refractivity contribution is 6.07. The summed E-state index contributed by atoms with van der Waals surface area (Å²) in [5, 5.41) is 8.32. The molecule has 0 spiro atoms. The van der Waals surface area contributed by atoms with Gasteiger partial charge in [-0.1, -0.05) is 18.2 Å². The Morgan fingerprint density at radius 2 is 1.90 bits per heavy atom. The second kappa shape index (κ2) is 5.44. The van der Waals surface area contributed by atoms with Crippen molar-refractivity contribution in [2.45, 2.75) is 24.8 Å². The lowest BCUT2D eigenvalue weighted by Crippen LogP contribution is -2.57. The fourth-order valence-corrected chi connectivity index (χ4v) is 3.32. The molecule has 1 atom stereocenters. The van der Waals surface area contributed by atoms with Crippen molar-refractivity contribution in [3.63, 3.8) is 0 Å². The first-order valence-electron chi connectivity index (χ1n) is 7.19. The highest BCUT2D eigenvalue weighted by atomic mass is 19.1. The lowest BCUT2D eigenvalue weighted by atomic mass is 9.74. The molecule has 6 heteroatoms. The van der Waals surface area contributed by atoms with Crippen LogP contribution in [0.5, 0.6) is 0 Å². The van der Waals surface area contributed by atoms with Gasteiger partial charge in [-0.2, -0.15) is 0 Å². The number of carbonyl (C=O) groups is 2. The van der Waals surface area contributed by atoms with Crippen molar-refractivity contribution in [2.75, 3.05) is 13.1 Å². The minimum atomic E-state index is -1.04. The number of rotatable bonds is 3. The van der Waals surface area contributed by atoms with E-state index in [-0.39, 0.29) is 24.1 Å². The summed E-state index contributed by atoms with van der Waals surface area (Å²) >= 11 is 0. The van der Waals surface area contributed by atoms with Crippen molar-refractivity contribution in [1.29, 1.82) is 0 Å². The predicted octanol–water partition coefficient (Wildman–Crippen LogP) is 0.946. The van der Waals surface area contributed by atoms with Crippen molar-refractivity contribution >= 4 is 11.9 Å². The summed E-state index contributed by atoms with van der Waals surface area (Å²) in [4.78, 5) is 24.0. The molecule has 0 radical (unpaired) electrons. The van der Waals surface area contributed by atoms with Crippen LogP contribution in [0.25, 0.3) is 0 Å². The first-order valence-corrected chi connectivity index (χ1v) is 7.19. The van der Waals surface area contributed by atoms with E-state index in [1.165, 1.54) is 6.07 Å². The molecule has 2 saturated heterocycles. The molecule has 2 aliphatic heterocycles. The highest BCUT2D eigenvalue weighted by Gasteiger charge is 2.51. The molecule has 1 aromatic carbocycles. The van der Waals surface area contributed by atoms with Crippen molar-refractivity contribution in [1.82, 2.24) is 16.0 Å². The summed E-state index contributed by atoms with van der Waals surface area (Å²) in [5.74, 6) is -0.688. The van der Waals surface area contributed by atoms with E-state index in [2.05, 4.69) is 16.0 Å². The molecule has 0 saturated carbocycles. The maximum atomic E-state index is 13.9. The van der Waals surface area contributed by atoms with Crippen LogP contribution in [-0.2, 0) is 11.2 Å². The van der Waals surface area contributed by atoms with E-state index in [1.807, 2.05) is 0 Å². The Balaban J connectivity index is 1.94. The lowest BCUT2D eigenvalue weighted by Gasteiger charge is -2.37. The minimum Gasteiger partial charge on any atom is -0.323 e. The van der Waals surface area contributed by atoms with Gasteiger partial charge >= 0.3 is 6.03 Å². The Morgan fingerprint density at radius 1 is 1.19 bits per heavy atom. The molecule has 3 amide bonds. The summed E-state index contributed by atoms with van der Waals surface area (Å²) < 4.78 is 13.9. The van der Waals surface area contributed by atoms with Crippen LogP contribution in [-0.4, -0.2) is 30.6 Å². The smallest absolute Gasteiger partial charge is 0.322 e. The number of hydrogen-bond acceptors (Lipinski definition) is 3. The second-order valence-electron chi connectivity index (χ2n) is 5.67. The average molecular weight is 291 g/mol. The van der Waals surface area contributed by atoms with Crippen LogP contribution < -0.4 is 16.0 Å². The van der Waals surface area contributed by atoms with E-state index in [1.54, 1.807) is 18.2 Å².